The SMILES string of the molecule is CNC(=O)C1CCCC12CCN(C(=O)c1cnccc1C)C2. The lowest BCUT2D eigenvalue weighted by Gasteiger charge is -2.30. The molecule has 118 valence electrons. The summed E-state index contributed by atoms with van der Waals surface area (Å²) in [4.78, 5) is 30.9. The van der Waals surface area contributed by atoms with Crippen molar-refractivity contribution in [3.8, 4) is 0 Å². The number of pyridine rings is 1. The first-order chi connectivity index (χ1) is 10.6. The molecule has 2 aliphatic rings. The molecule has 22 heavy (non-hydrogen) atoms. The summed E-state index contributed by atoms with van der Waals surface area (Å²) in [6.45, 7) is 3.36. The van der Waals surface area contributed by atoms with Crippen LogP contribution in [-0.4, -0.2) is 41.8 Å². The highest BCUT2D eigenvalue weighted by Crippen LogP contribution is 2.50. The highest BCUT2D eigenvalue weighted by Gasteiger charge is 2.51. The van der Waals surface area contributed by atoms with Crippen molar-refractivity contribution >= 4 is 11.8 Å². The van der Waals surface area contributed by atoms with Crippen LogP contribution < -0.4 is 5.32 Å². The summed E-state index contributed by atoms with van der Waals surface area (Å²) in [6, 6.07) is 1.86. The molecule has 1 spiro atoms. The van der Waals surface area contributed by atoms with Crippen LogP contribution >= 0.6 is 0 Å². The van der Waals surface area contributed by atoms with Crippen molar-refractivity contribution in [3.63, 3.8) is 0 Å². The van der Waals surface area contributed by atoms with E-state index in [0.717, 1.165) is 37.8 Å². The Morgan fingerprint density at radius 3 is 2.95 bits per heavy atom. The molecule has 2 unspecified atom stereocenters. The Hall–Kier alpha value is -1.91. The van der Waals surface area contributed by atoms with Gasteiger partial charge in [-0.05, 0) is 37.8 Å². The number of carbonyl (C=O) groups excluding carboxylic acids is 2. The first kappa shape index (κ1) is 15.0. The molecule has 0 aromatic carbocycles. The minimum atomic E-state index is -0.0220. The molecular formula is C17H23N3O2. The Labute approximate surface area is 131 Å². The van der Waals surface area contributed by atoms with E-state index in [-0.39, 0.29) is 23.1 Å². The number of nitrogens with one attached hydrogen (secondary N) is 1. The van der Waals surface area contributed by atoms with E-state index in [9.17, 15) is 9.59 Å². The lowest BCUT2D eigenvalue weighted by atomic mass is 9.76. The van der Waals surface area contributed by atoms with Gasteiger partial charge in [0, 0.05) is 43.9 Å². The fourth-order valence-corrected chi connectivity index (χ4v) is 4.14. The smallest absolute Gasteiger partial charge is 0.255 e. The van der Waals surface area contributed by atoms with Crippen molar-refractivity contribution in [1.29, 1.82) is 0 Å². The van der Waals surface area contributed by atoms with Gasteiger partial charge in [-0.2, -0.15) is 0 Å². The molecule has 1 aliphatic carbocycles. The van der Waals surface area contributed by atoms with Crippen LogP contribution in [0.15, 0.2) is 18.5 Å². The van der Waals surface area contributed by atoms with Crippen LogP contribution in [0, 0.1) is 18.3 Å². The van der Waals surface area contributed by atoms with Crippen molar-refractivity contribution < 1.29 is 9.59 Å². The second-order valence-corrected chi connectivity index (χ2v) is 6.59. The molecular weight excluding hydrogens is 278 g/mol. The zero-order valence-electron chi connectivity index (χ0n) is 13.3. The van der Waals surface area contributed by atoms with E-state index in [1.165, 1.54) is 0 Å². The Bertz CT molecular complexity index is 601. The van der Waals surface area contributed by atoms with Gasteiger partial charge in [0.15, 0.2) is 0 Å². The van der Waals surface area contributed by atoms with Gasteiger partial charge in [0.25, 0.3) is 5.91 Å². The third-order valence-corrected chi connectivity index (χ3v) is 5.41. The number of amides is 2. The normalized spacial score (nSPS) is 27.4. The first-order valence-corrected chi connectivity index (χ1v) is 7.99. The molecule has 2 heterocycles. The summed E-state index contributed by atoms with van der Waals surface area (Å²) in [5.41, 5.74) is 1.61. The molecule has 5 nitrogen and oxygen atoms in total. The van der Waals surface area contributed by atoms with Gasteiger partial charge in [-0.25, -0.2) is 0 Å². The number of rotatable bonds is 2. The highest BCUT2D eigenvalue weighted by molar-refractivity contribution is 5.95. The summed E-state index contributed by atoms with van der Waals surface area (Å²) in [6.07, 6.45) is 7.33. The topological polar surface area (TPSA) is 62.3 Å². The minimum absolute atomic E-state index is 0.0220. The van der Waals surface area contributed by atoms with Crippen LogP contribution in [-0.2, 0) is 4.79 Å². The van der Waals surface area contributed by atoms with E-state index in [2.05, 4.69) is 10.3 Å². The predicted octanol–water partition coefficient (Wildman–Crippen LogP) is 1.77. The lowest BCUT2D eigenvalue weighted by molar-refractivity contribution is -0.127. The average Bonchev–Trinajstić information content (AvgIpc) is 3.14. The van der Waals surface area contributed by atoms with Gasteiger partial charge in [0.1, 0.15) is 0 Å². The minimum Gasteiger partial charge on any atom is -0.359 e. The zero-order chi connectivity index (χ0) is 15.7. The van der Waals surface area contributed by atoms with Gasteiger partial charge in [-0.1, -0.05) is 6.42 Å². The number of hydrogen-bond acceptors (Lipinski definition) is 3. The third kappa shape index (κ3) is 2.38. The summed E-state index contributed by atoms with van der Waals surface area (Å²) in [5, 5.41) is 2.79. The summed E-state index contributed by atoms with van der Waals surface area (Å²) in [5.74, 6) is 0.222. The van der Waals surface area contributed by atoms with Crippen molar-refractivity contribution in [3.05, 3.63) is 29.6 Å². The first-order valence-electron chi connectivity index (χ1n) is 7.99. The number of nitrogens with zero attached hydrogens (tertiary/aromatic N) is 2. The standard InChI is InChI=1S/C17H23N3O2/c1-12-5-8-19-10-13(12)16(22)20-9-7-17(11-20)6-3-4-14(17)15(21)18-2/h5,8,10,14H,3-4,6-7,9,11H2,1-2H3,(H,18,21). The Morgan fingerprint density at radius 1 is 1.41 bits per heavy atom. The molecule has 0 radical (unpaired) electrons. The number of carbonyl (C=O) groups is 2. The van der Waals surface area contributed by atoms with Gasteiger partial charge in [0.05, 0.1) is 5.56 Å². The Morgan fingerprint density at radius 2 is 2.23 bits per heavy atom. The second-order valence-electron chi connectivity index (χ2n) is 6.59. The molecule has 1 N–H and O–H groups in total. The van der Waals surface area contributed by atoms with Gasteiger partial charge >= 0.3 is 0 Å². The molecule has 1 aliphatic heterocycles. The molecule has 2 amide bonds. The van der Waals surface area contributed by atoms with E-state index < -0.39 is 0 Å². The molecule has 2 atom stereocenters. The molecule has 2 fully saturated rings. The van der Waals surface area contributed by atoms with E-state index >= 15 is 0 Å². The molecule has 5 heteroatoms. The molecule has 3 rings (SSSR count). The largest absolute Gasteiger partial charge is 0.359 e. The summed E-state index contributed by atoms with van der Waals surface area (Å²) in [7, 11) is 1.70. The van der Waals surface area contributed by atoms with Crippen LogP contribution in [0.2, 0.25) is 0 Å². The lowest BCUT2D eigenvalue weighted by Crippen LogP contribution is -2.40. The zero-order valence-corrected chi connectivity index (χ0v) is 13.3. The maximum Gasteiger partial charge on any atom is 0.255 e. The van der Waals surface area contributed by atoms with E-state index in [4.69, 9.17) is 0 Å². The van der Waals surface area contributed by atoms with Crippen LogP contribution in [0.4, 0.5) is 0 Å². The van der Waals surface area contributed by atoms with Gasteiger partial charge in [-0.15, -0.1) is 0 Å². The van der Waals surface area contributed by atoms with Crippen molar-refractivity contribution in [1.82, 2.24) is 15.2 Å². The van der Waals surface area contributed by atoms with Gasteiger partial charge in [0.2, 0.25) is 5.91 Å². The number of aryl methyl sites for hydroxylation is 1. The van der Waals surface area contributed by atoms with Crippen molar-refractivity contribution in [2.45, 2.75) is 32.6 Å². The van der Waals surface area contributed by atoms with Crippen LogP contribution in [0.1, 0.15) is 41.6 Å². The number of hydrogen-bond donors (Lipinski definition) is 1. The fourth-order valence-electron chi connectivity index (χ4n) is 4.14. The number of aromatic nitrogens is 1. The molecule has 1 saturated heterocycles. The highest BCUT2D eigenvalue weighted by atomic mass is 16.2. The predicted molar refractivity (Wildman–Crippen MR) is 83.3 cm³/mol. The van der Waals surface area contributed by atoms with Crippen molar-refractivity contribution in [2.24, 2.45) is 11.3 Å². The Balaban J connectivity index is 1.79. The van der Waals surface area contributed by atoms with Gasteiger partial charge < -0.3 is 10.2 Å². The summed E-state index contributed by atoms with van der Waals surface area (Å²) < 4.78 is 0. The molecule has 0 bridgehead atoms. The molecule has 1 aromatic rings. The van der Waals surface area contributed by atoms with Crippen LogP contribution in [0.5, 0.6) is 0 Å². The van der Waals surface area contributed by atoms with Crippen molar-refractivity contribution in [2.75, 3.05) is 20.1 Å². The van der Waals surface area contributed by atoms with E-state index in [1.807, 2.05) is 17.9 Å². The summed E-state index contributed by atoms with van der Waals surface area (Å²) >= 11 is 0. The molecule has 1 aromatic heterocycles. The van der Waals surface area contributed by atoms with E-state index in [1.54, 1.807) is 19.4 Å². The quantitative estimate of drug-likeness (QED) is 0.905. The second kappa shape index (κ2) is 5.71. The van der Waals surface area contributed by atoms with E-state index in [0.29, 0.717) is 12.1 Å². The maximum atomic E-state index is 12.7. The van der Waals surface area contributed by atoms with Gasteiger partial charge in [-0.3, -0.25) is 14.6 Å². The average molecular weight is 301 g/mol. The number of likely N-dealkylation sites (tertiary alicyclic amines) is 1. The third-order valence-electron chi connectivity index (χ3n) is 5.41. The Kier molecular flexibility index (Phi) is 3.89. The monoisotopic (exact) mass is 301 g/mol. The van der Waals surface area contributed by atoms with Crippen LogP contribution in [0.3, 0.4) is 0 Å². The maximum absolute atomic E-state index is 12.7. The fraction of sp³-hybridized carbons (Fsp3) is 0.588. The molecule has 1 saturated carbocycles. The van der Waals surface area contributed by atoms with Crippen LogP contribution in [0.25, 0.3) is 0 Å².